The quantitative estimate of drug-likeness (QED) is 0.834. The first kappa shape index (κ1) is 14.4. The van der Waals surface area contributed by atoms with Crippen LogP contribution in [-0.4, -0.2) is 33.7 Å². The van der Waals surface area contributed by atoms with Gasteiger partial charge in [0.05, 0.1) is 9.92 Å². The number of methoxy groups -OCH3 is 1. The van der Waals surface area contributed by atoms with E-state index in [0.717, 1.165) is 0 Å². The first-order valence-corrected chi connectivity index (χ1v) is 6.96. The first-order chi connectivity index (χ1) is 7.86. The minimum atomic E-state index is -3.78. The third kappa shape index (κ3) is 3.96. The molecule has 0 aromatic heterocycles. The second kappa shape index (κ2) is 5.82. The number of carbonyl (C=O) groups is 1. The highest BCUT2D eigenvalue weighted by Crippen LogP contribution is 2.25. The van der Waals surface area contributed by atoms with E-state index in [4.69, 9.17) is 23.2 Å². The number of ketones is 1. The Bertz CT molecular complexity index is 525. The molecule has 0 N–H and O–H groups in total. The second-order valence-corrected chi connectivity index (χ2v) is 6.11. The Morgan fingerprint density at radius 2 is 2.00 bits per heavy atom. The number of hydrogen-bond acceptors (Lipinski definition) is 4. The summed E-state index contributed by atoms with van der Waals surface area (Å²) in [6, 6.07) is 4.07. The van der Waals surface area contributed by atoms with Gasteiger partial charge in [0, 0.05) is 12.1 Å². The van der Waals surface area contributed by atoms with Crippen LogP contribution in [0.5, 0.6) is 0 Å². The number of carbonyl (C=O) groups excluding carboxylic acids is 1. The molecule has 7 heteroatoms. The molecule has 94 valence electrons. The summed E-state index contributed by atoms with van der Waals surface area (Å²) < 4.78 is 28.3. The molecular weight excluding hydrogens is 287 g/mol. The van der Waals surface area contributed by atoms with Crippen LogP contribution in [0.2, 0.25) is 10.0 Å². The maximum absolute atomic E-state index is 11.9. The zero-order valence-electron chi connectivity index (χ0n) is 8.94. The molecule has 0 unspecified atom stereocenters. The fraction of sp³-hybridized carbons (Fsp3) is 0.300. The van der Waals surface area contributed by atoms with Crippen LogP contribution in [0, 0.1) is 0 Å². The molecule has 4 nitrogen and oxygen atoms in total. The molecular formula is C10H10Cl2O4S. The molecule has 0 aliphatic heterocycles. The third-order valence-electron chi connectivity index (χ3n) is 1.88. The molecule has 0 saturated heterocycles. The molecule has 1 aromatic rings. The van der Waals surface area contributed by atoms with Gasteiger partial charge < -0.3 is 4.74 Å². The monoisotopic (exact) mass is 296 g/mol. The molecule has 0 bridgehead atoms. The largest absolute Gasteiger partial charge is 0.377 e. The smallest absolute Gasteiger partial charge is 0.187 e. The Hall–Kier alpha value is -0.620. The summed E-state index contributed by atoms with van der Waals surface area (Å²) >= 11 is 11.4. The summed E-state index contributed by atoms with van der Waals surface area (Å²) in [5.74, 6) is -1.19. The average Bonchev–Trinajstić information content (AvgIpc) is 2.21. The number of ether oxygens (including phenoxy) is 1. The van der Waals surface area contributed by atoms with Crippen molar-refractivity contribution in [3.05, 3.63) is 28.2 Å². The summed E-state index contributed by atoms with van der Waals surface area (Å²) in [4.78, 5) is 11.1. The number of Topliss-reactive ketones (excluding diaryl/α,β-unsaturated/α-hetero) is 1. The molecule has 1 rings (SSSR count). The Kier molecular flexibility index (Phi) is 4.94. The van der Waals surface area contributed by atoms with Crippen molar-refractivity contribution in [1.82, 2.24) is 0 Å². The summed E-state index contributed by atoms with van der Waals surface area (Å²) in [6.45, 7) is -0.253. The molecule has 0 heterocycles. The van der Waals surface area contributed by atoms with Gasteiger partial charge in [-0.1, -0.05) is 23.2 Å². The van der Waals surface area contributed by atoms with E-state index in [9.17, 15) is 13.2 Å². The predicted molar refractivity (Wildman–Crippen MR) is 65.4 cm³/mol. The average molecular weight is 297 g/mol. The molecule has 0 radical (unpaired) electrons. The van der Waals surface area contributed by atoms with Gasteiger partial charge in [-0.05, 0) is 18.2 Å². The van der Waals surface area contributed by atoms with Gasteiger partial charge in [-0.25, -0.2) is 8.42 Å². The number of rotatable bonds is 5. The minimum Gasteiger partial charge on any atom is -0.377 e. The van der Waals surface area contributed by atoms with Crippen molar-refractivity contribution in [2.45, 2.75) is 4.90 Å². The SMILES string of the molecule is COCC(=O)CS(=O)(=O)c1cc(Cl)ccc1Cl. The van der Waals surface area contributed by atoms with Crippen molar-refractivity contribution in [1.29, 1.82) is 0 Å². The van der Waals surface area contributed by atoms with Gasteiger partial charge in [-0.3, -0.25) is 4.79 Å². The Morgan fingerprint density at radius 1 is 1.35 bits per heavy atom. The normalized spacial score (nSPS) is 11.5. The van der Waals surface area contributed by atoms with Crippen molar-refractivity contribution < 1.29 is 17.9 Å². The molecule has 0 aliphatic carbocycles. The summed E-state index contributed by atoms with van der Waals surface area (Å²) in [5, 5.41) is 0.284. The van der Waals surface area contributed by atoms with E-state index >= 15 is 0 Å². The number of benzene rings is 1. The Labute approximate surface area is 109 Å². The molecule has 0 saturated carbocycles. The maximum atomic E-state index is 11.9. The molecule has 0 aliphatic rings. The van der Waals surface area contributed by atoms with Crippen LogP contribution in [0.25, 0.3) is 0 Å². The number of halogens is 2. The minimum absolute atomic E-state index is 0.0413. The van der Waals surface area contributed by atoms with E-state index in [0.29, 0.717) is 0 Å². The molecule has 0 spiro atoms. The molecule has 0 atom stereocenters. The van der Waals surface area contributed by atoms with Gasteiger partial charge in [0.25, 0.3) is 0 Å². The van der Waals surface area contributed by atoms with E-state index in [1.54, 1.807) is 0 Å². The molecule has 0 amide bonds. The van der Waals surface area contributed by atoms with Crippen molar-refractivity contribution >= 4 is 38.8 Å². The maximum Gasteiger partial charge on any atom is 0.187 e. The highest BCUT2D eigenvalue weighted by atomic mass is 35.5. The van der Waals surface area contributed by atoms with Crippen molar-refractivity contribution in [2.75, 3.05) is 19.5 Å². The summed E-state index contributed by atoms with van der Waals surface area (Å²) in [6.07, 6.45) is 0. The standard InChI is InChI=1S/C10H10Cl2O4S/c1-16-5-8(13)6-17(14,15)10-4-7(11)2-3-9(10)12/h2-4H,5-6H2,1H3. The lowest BCUT2D eigenvalue weighted by Gasteiger charge is -2.06. The van der Waals surface area contributed by atoms with Gasteiger partial charge >= 0.3 is 0 Å². The van der Waals surface area contributed by atoms with Crippen LogP contribution >= 0.6 is 23.2 Å². The van der Waals surface area contributed by atoms with Crippen LogP contribution < -0.4 is 0 Å². The van der Waals surface area contributed by atoms with Crippen LogP contribution in [0.15, 0.2) is 23.1 Å². The second-order valence-electron chi connectivity index (χ2n) is 3.31. The number of sulfone groups is 1. The fourth-order valence-electron chi connectivity index (χ4n) is 1.21. The summed E-state index contributed by atoms with van der Waals surface area (Å²) in [5.41, 5.74) is 0. The van der Waals surface area contributed by atoms with E-state index in [1.807, 2.05) is 0 Å². The van der Waals surface area contributed by atoms with Gasteiger partial charge in [-0.15, -0.1) is 0 Å². The summed E-state index contributed by atoms with van der Waals surface area (Å²) in [7, 11) is -2.46. The van der Waals surface area contributed by atoms with Gasteiger partial charge in [0.2, 0.25) is 0 Å². The van der Waals surface area contributed by atoms with Crippen molar-refractivity contribution in [3.63, 3.8) is 0 Å². The highest BCUT2D eigenvalue weighted by Gasteiger charge is 2.22. The topological polar surface area (TPSA) is 60.4 Å². The van der Waals surface area contributed by atoms with Crippen LogP contribution in [-0.2, 0) is 19.4 Å². The molecule has 0 fully saturated rings. The van der Waals surface area contributed by atoms with E-state index < -0.39 is 21.4 Å². The van der Waals surface area contributed by atoms with Crippen molar-refractivity contribution in [2.24, 2.45) is 0 Å². The van der Waals surface area contributed by atoms with Gasteiger partial charge in [-0.2, -0.15) is 0 Å². The molecule has 1 aromatic carbocycles. The zero-order chi connectivity index (χ0) is 13.1. The number of hydrogen-bond donors (Lipinski definition) is 0. The van der Waals surface area contributed by atoms with E-state index in [1.165, 1.54) is 25.3 Å². The van der Waals surface area contributed by atoms with E-state index in [-0.39, 0.29) is 21.5 Å². The van der Waals surface area contributed by atoms with Crippen molar-refractivity contribution in [3.8, 4) is 0 Å². The van der Waals surface area contributed by atoms with Gasteiger partial charge in [0.1, 0.15) is 12.4 Å². The lowest BCUT2D eigenvalue weighted by molar-refractivity contribution is -0.120. The van der Waals surface area contributed by atoms with Crippen LogP contribution in [0.4, 0.5) is 0 Å². The third-order valence-corrected chi connectivity index (χ3v) is 4.27. The van der Waals surface area contributed by atoms with E-state index in [2.05, 4.69) is 4.74 Å². The first-order valence-electron chi connectivity index (χ1n) is 4.55. The lowest BCUT2D eigenvalue weighted by atomic mass is 10.4. The predicted octanol–water partition coefficient (Wildman–Crippen LogP) is 1.98. The Balaban J connectivity index is 3.05. The Morgan fingerprint density at radius 3 is 2.59 bits per heavy atom. The lowest BCUT2D eigenvalue weighted by Crippen LogP contribution is -2.20. The fourth-order valence-corrected chi connectivity index (χ4v) is 3.25. The van der Waals surface area contributed by atoms with Gasteiger partial charge in [0.15, 0.2) is 15.6 Å². The highest BCUT2D eigenvalue weighted by molar-refractivity contribution is 7.92. The van der Waals surface area contributed by atoms with Crippen LogP contribution in [0.3, 0.4) is 0 Å². The molecule has 17 heavy (non-hydrogen) atoms. The zero-order valence-corrected chi connectivity index (χ0v) is 11.3. The van der Waals surface area contributed by atoms with Crippen LogP contribution in [0.1, 0.15) is 0 Å².